The molecule has 1 unspecified atom stereocenters. The first kappa shape index (κ1) is 26.2. The van der Waals surface area contributed by atoms with Crippen LogP contribution in [0.25, 0.3) is 0 Å². The van der Waals surface area contributed by atoms with Crippen LogP contribution in [0.1, 0.15) is 56.4 Å². The third kappa shape index (κ3) is 5.41. The quantitative estimate of drug-likeness (QED) is 0.570. The average Bonchev–Trinajstić information content (AvgIpc) is 3.42. The summed E-state index contributed by atoms with van der Waals surface area (Å²) in [6, 6.07) is 6.58. The van der Waals surface area contributed by atoms with Gasteiger partial charge in [-0.05, 0) is 69.4 Å². The number of anilines is 4. The molecular weight excluding hydrogens is 482 g/mol. The molecule has 0 bridgehead atoms. The average molecular weight is 522 g/mol. The van der Waals surface area contributed by atoms with E-state index in [-0.39, 0.29) is 18.4 Å². The van der Waals surface area contributed by atoms with Gasteiger partial charge in [-0.25, -0.2) is 4.98 Å². The number of carbonyl (C=O) groups excluding carboxylic acids is 2. The second-order valence-corrected chi connectivity index (χ2v) is 10.9. The summed E-state index contributed by atoms with van der Waals surface area (Å²) in [5, 5.41) is 3.35. The van der Waals surface area contributed by atoms with Crippen molar-refractivity contribution < 1.29 is 14.3 Å². The summed E-state index contributed by atoms with van der Waals surface area (Å²) in [6.45, 7) is 2.62. The molecule has 1 aromatic carbocycles. The number of aromatic nitrogens is 2. The summed E-state index contributed by atoms with van der Waals surface area (Å²) in [4.78, 5) is 40.6. The molecule has 1 atom stereocenters. The first-order chi connectivity index (χ1) is 18.3. The van der Waals surface area contributed by atoms with Crippen LogP contribution in [0.2, 0.25) is 0 Å². The molecule has 2 aliphatic heterocycles. The van der Waals surface area contributed by atoms with E-state index in [4.69, 9.17) is 15.5 Å². The van der Waals surface area contributed by atoms with Gasteiger partial charge in [0.05, 0.1) is 24.9 Å². The zero-order chi connectivity index (χ0) is 26.8. The fourth-order valence-corrected chi connectivity index (χ4v) is 6.13. The molecule has 0 spiro atoms. The van der Waals surface area contributed by atoms with Gasteiger partial charge in [0.1, 0.15) is 11.4 Å². The van der Waals surface area contributed by atoms with E-state index < -0.39 is 11.8 Å². The highest BCUT2D eigenvalue weighted by Gasteiger charge is 2.37. The van der Waals surface area contributed by atoms with Crippen molar-refractivity contribution >= 4 is 35.0 Å². The Balaban J connectivity index is 1.44. The number of rotatable bonds is 7. The Kier molecular flexibility index (Phi) is 7.69. The number of nitrogens with one attached hydrogen (secondary N) is 1. The second-order valence-electron chi connectivity index (χ2n) is 10.9. The third-order valence-corrected chi connectivity index (χ3v) is 8.36. The number of nitrogens with zero attached hydrogens (tertiary/aromatic N) is 5. The standard InChI is InChI=1S/C28H39N7O3/c1-33-12-10-18(11-13-33)19-8-9-22(24(14-19)38-3)31-28-30-16-23-26(32-28)35(21-6-4-5-7-21)17-20(15-25(29)36)27(37)34(23)2/h8-9,14,16,18,20-21H,4-7,10-13,15,17H2,1-3H3,(H2,29,36)(H,30,31,32). The maximum Gasteiger partial charge on any atom is 0.232 e. The van der Waals surface area contributed by atoms with Crippen molar-refractivity contribution in [2.24, 2.45) is 11.7 Å². The van der Waals surface area contributed by atoms with Crippen LogP contribution in [0.5, 0.6) is 5.75 Å². The molecule has 1 saturated carbocycles. The number of methoxy groups -OCH3 is 1. The Morgan fingerprint density at radius 3 is 2.58 bits per heavy atom. The Morgan fingerprint density at radius 2 is 1.89 bits per heavy atom. The summed E-state index contributed by atoms with van der Waals surface area (Å²) >= 11 is 0. The summed E-state index contributed by atoms with van der Waals surface area (Å²) in [7, 11) is 5.57. The van der Waals surface area contributed by atoms with Gasteiger partial charge in [-0.1, -0.05) is 18.9 Å². The van der Waals surface area contributed by atoms with Crippen molar-refractivity contribution in [3.8, 4) is 5.75 Å². The molecule has 1 aromatic heterocycles. The highest BCUT2D eigenvalue weighted by molar-refractivity contribution is 6.00. The van der Waals surface area contributed by atoms with E-state index in [9.17, 15) is 9.59 Å². The van der Waals surface area contributed by atoms with Gasteiger partial charge in [0, 0.05) is 26.1 Å². The van der Waals surface area contributed by atoms with Crippen molar-refractivity contribution in [3.63, 3.8) is 0 Å². The van der Waals surface area contributed by atoms with Crippen LogP contribution in [-0.2, 0) is 9.59 Å². The molecule has 3 N–H and O–H groups in total. The zero-order valence-corrected chi connectivity index (χ0v) is 22.7. The van der Waals surface area contributed by atoms with Gasteiger partial charge < -0.3 is 30.5 Å². The lowest BCUT2D eigenvalue weighted by molar-refractivity contribution is -0.126. The predicted octanol–water partition coefficient (Wildman–Crippen LogP) is 3.26. The second kappa shape index (κ2) is 11.1. The first-order valence-electron chi connectivity index (χ1n) is 13.7. The summed E-state index contributed by atoms with van der Waals surface area (Å²) in [5.74, 6) is 1.29. The van der Waals surface area contributed by atoms with Gasteiger partial charge in [-0.15, -0.1) is 0 Å². The minimum Gasteiger partial charge on any atom is -0.495 e. The molecule has 3 heterocycles. The van der Waals surface area contributed by atoms with Gasteiger partial charge in [-0.2, -0.15) is 4.98 Å². The number of hydrogen-bond donors (Lipinski definition) is 2. The number of primary amides is 1. The number of amides is 2. The Morgan fingerprint density at radius 1 is 1.16 bits per heavy atom. The van der Waals surface area contributed by atoms with Crippen molar-refractivity contribution in [3.05, 3.63) is 30.0 Å². The smallest absolute Gasteiger partial charge is 0.232 e. The van der Waals surface area contributed by atoms with Gasteiger partial charge in [-0.3, -0.25) is 9.59 Å². The van der Waals surface area contributed by atoms with Gasteiger partial charge in [0.25, 0.3) is 0 Å². The van der Waals surface area contributed by atoms with E-state index in [0.29, 0.717) is 29.9 Å². The van der Waals surface area contributed by atoms with Gasteiger partial charge >= 0.3 is 0 Å². The molecule has 5 rings (SSSR count). The summed E-state index contributed by atoms with van der Waals surface area (Å²) < 4.78 is 5.75. The monoisotopic (exact) mass is 521 g/mol. The lowest BCUT2D eigenvalue weighted by Gasteiger charge is -2.31. The fraction of sp³-hybridized carbons (Fsp3) is 0.571. The summed E-state index contributed by atoms with van der Waals surface area (Å²) in [6.07, 6.45) is 8.31. The number of likely N-dealkylation sites (tertiary alicyclic amines) is 1. The highest BCUT2D eigenvalue weighted by Crippen LogP contribution is 2.39. The fourth-order valence-electron chi connectivity index (χ4n) is 6.13. The Labute approximate surface area is 224 Å². The molecule has 38 heavy (non-hydrogen) atoms. The van der Waals surface area contributed by atoms with Crippen LogP contribution in [-0.4, -0.2) is 73.6 Å². The van der Waals surface area contributed by atoms with Crippen LogP contribution in [0, 0.1) is 5.92 Å². The number of carbonyl (C=O) groups is 2. The molecule has 2 fully saturated rings. The van der Waals surface area contributed by atoms with Crippen LogP contribution in [0.4, 0.5) is 23.1 Å². The number of piperidine rings is 1. The SMILES string of the molecule is COc1cc(C2CCN(C)CC2)ccc1Nc1ncc2c(n1)N(C1CCCC1)CC(CC(N)=O)C(=O)N2C. The molecule has 0 radical (unpaired) electrons. The topological polar surface area (TPSA) is 117 Å². The van der Waals surface area contributed by atoms with Crippen LogP contribution in [0.3, 0.4) is 0 Å². The molecule has 3 aliphatic rings. The van der Waals surface area contributed by atoms with Crippen LogP contribution < -0.4 is 25.6 Å². The van der Waals surface area contributed by atoms with E-state index in [1.165, 1.54) is 5.56 Å². The van der Waals surface area contributed by atoms with E-state index in [0.717, 1.165) is 63.1 Å². The number of nitrogens with two attached hydrogens (primary N) is 1. The van der Waals surface area contributed by atoms with Crippen molar-refractivity contribution in [1.29, 1.82) is 0 Å². The molecule has 1 aliphatic carbocycles. The summed E-state index contributed by atoms with van der Waals surface area (Å²) in [5.41, 5.74) is 8.23. The zero-order valence-electron chi connectivity index (χ0n) is 22.7. The third-order valence-electron chi connectivity index (χ3n) is 8.36. The molecule has 204 valence electrons. The number of benzene rings is 1. The number of fused-ring (bicyclic) bond motifs is 1. The molecule has 2 amide bonds. The Hall–Kier alpha value is -3.40. The normalized spacial score (nSPS) is 21.3. The van der Waals surface area contributed by atoms with E-state index in [2.05, 4.69) is 39.3 Å². The van der Waals surface area contributed by atoms with E-state index >= 15 is 0 Å². The molecule has 2 aromatic rings. The lowest BCUT2D eigenvalue weighted by atomic mass is 9.89. The first-order valence-corrected chi connectivity index (χ1v) is 13.7. The van der Waals surface area contributed by atoms with Gasteiger partial charge in [0.2, 0.25) is 17.8 Å². The van der Waals surface area contributed by atoms with E-state index in [1.54, 1.807) is 25.3 Å². The van der Waals surface area contributed by atoms with Gasteiger partial charge in [0.15, 0.2) is 5.82 Å². The Bertz CT molecular complexity index is 1180. The maximum atomic E-state index is 13.2. The molecule has 10 nitrogen and oxygen atoms in total. The lowest BCUT2D eigenvalue weighted by Crippen LogP contribution is -2.41. The minimum atomic E-state index is -0.518. The predicted molar refractivity (Wildman–Crippen MR) is 148 cm³/mol. The highest BCUT2D eigenvalue weighted by atomic mass is 16.5. The maximum absolute atomic E-state index is 13.2. The van der Waals surface area contributed by atoms with Crippen LogP contribution >= 0.6 is 0 Å². The molecular formula is C28H39N7O3. The van der Waals surface area contributed by atoms with Crippen LogP contribution in [0.15, 0.2) is 24.4 Å². The van der Waals surface area contributed by atoms with Crippen molar-refractivity contribution in [1.82, 2.24) is 14.9 Å². The number of hydrogen-bond acceptors (Lipinski definition) is 8. The largest absolute Gasteiger partial charge is 0.495 e. The van der Waals surface area contributed by atoms with Crippen molar-refractivity contribution in [2.45, 2.75) is 56.9 Å². The van der Waals surface area contributed by atoms with Crippen molar-refractivity contribution in [2.75, 3.05) is 56.0 Å². The molecule has 1 saturated heterocycles. The number of ether oxygens (including phenoxy) is 1. The molecule has 10 heteroatoms. The minimum absolute atomic E-state index is 0.0136. The van der Waals surface area contributed by atoms with E-state index in [1.807, 2.05) is 6.07 Å².